The molecule has 0 atom stereocenters. The first kappa shape index (κ1) is 20.5. The Bertz CT molecular complexity index is 804. The van der Waals surface area contributed by atoms with Gasteiger partial charge in [0.25, 0.3) is 5.56 Å². The van der Waals surface area contributed by atoms with Crippen LogP contribution in [0.25, 0.3) is 10.2 Å². The Hall–Kier alpha value is -1.20. The maximum atomic E-state index is 13.5. The van der Waals surface area contributed by atoms with Crippen LogP contribution in [0.5, 0.6) is 0 Å². The van der Waals surface area contributed by atoms with E-state index in [4.69, 9.17) is 4.98 Å². The van der Waals surface area contributed by atoms with E-state index in [9.17, 15) is 4.79 Å². The van der Waals surface area contributed by atoms with Gasteiger partial charge in [-0.2, -0.15) is 0 Å². The Balaban J connectivity index is 1.96. The molecule has 0 saturated carbocycles. The van der Waals surface area contributed by atoms with Gasteiger partial charge in [-0.3, -0.25) is 14.3 Å². The summed E-state index contributed by atoms with van der Waals surface area (Å²) in [7, 11) is 0. The number of nitrogens with zero attached hydrogens (tertiary/aromatic N) is 3. The lowest BCUT2D eigenvalue weighted by molar-refractivity contribution is 0.281. The number of aromatic nitrogens is 2. The van der Waals surface area contributed by atoms with Gasteiger partial charge in [0.1, 0.15) is 10.7 Å². The first-order chi connectivity index (χ1) is 13.2. The Morgan fingerprint density at radius 2 is 1.78 bits per heavy atom. The van der Waals surface area contributed by atoms with E-state index in [1.807, 2.05) is 4.57 Å². The minimum Gasteiger partial charge on any atom is -0.297 e. The molecule has 3 rings (SSSR count). The highest BCUT2D eigenvalue weighted by molar-refractivity contribution is 7.18. The number of aryl methyl sites for hydroxylation is 2. The van der Waals surface area contributed by atoms with Crippen LogP contribution in [0.3, 0.4) is 0 Å². The van der Waals surface area contributed by atoms with Gasteiger partial charge in [0.15, 0.2) is 0 Å². The molecule has 0 spiro atoms. The number of fused-ring (bicyclic) bond motifs is 3. The van der Waals surface area contributed by atoms with E-state index in [2.05, 4.69) is 25.7 Å². The monoisotopic (exact) mass is 389 g/mol. The van der Waals surface area contributed by atoms with Crippen molar-refractivity contribution in [3.63, 3.8) is 0 Å². The number of hydrogen-bond donors (Lipinski definition) is 0. The third kappa shape index (κ3) is 4.62. The van der Waals surface area contributed by atoms with Gasteiger partial charge in [0.2, 0.25) is 0 Å². The molecule has 0 unspecified atom stereocenters. The minimum atomic E-state index is 0.219. The van der Waals surface area contributed by atoms with Crippen molar-refractivity contribution < 1.29 is 0 Å². The van der Waals surface area contributed by atoms with Crippen LogP contribution in [0.15, 0.2) is 4.79 Å². The summed E-state index contributed by atoms with van der Waals surface area (Å²) in [5.74, 6) is 0.963. The molecule has 0 aromatic carbocycles. The van der Waals surface area contributed by atoms with E-state index in [0.29, 0.717) is 0 Å². The Labute approximate surface area is 167 Å². The molecule has 150 valence electrons. The SMILES string of the molecule is CCCCCCCn1c(CN(CC)CC)nc2sc3c(c2c1=O)CCCC3. The van der Waals surface area contributed by atoms with Crippen molar-refractivity contribution in [2.75, 3.05) is 13.1 Å². The second-order valence-corrected chi connectivity index (χ2v) is 8.84. The van der Waals surface area contributed by atoms with E-state index < -0.39 is 0 Å². The summed E-state index contributed by atoms with van der Waals surface area (Å²) in [6, 6.07) is 0. The van der Waals surface area contributed by atoms with Gasteiger partial charge < -0.3 is 0 Å². The lowest BCUT2D eigenvalue weighted by atomic mass is 9.97. The Morgan fingerprint density at radius 3 is 2.52 bits per heavy atom. The van der Waals surface area contributed by atoms with E-state index >= 15 is 0 Å². The molecular formula is C22H35N3OS. The normalized spacial score (nSPS) is 14.2. The van der Waals surface area contributed by atoms with E-state index in [0.717, 1.165) is 61.5 Å². The van der Waals surface area contributed by atoms with Gasteiger partial charge in [0.05, 0.1) is 11.9 Å². The average molecular weight is 390 g/mol. The number of rotatable bonds is 10. The van der Waals surface area contributed by atoms with Gasteiger partial charge in [-0.05, 0) is 50.8 Å². The molecule has 2 aromatic rings. The zero-order valence-electron chi connectivity index (χ0n) is 17.4. The standard InChI is InChI=1S/C22H35N3OS/c1-4-7-8-9-12-15-25-19(16-24(5-2)6-3)23-21-20(22(25)26)17-13-10-11-14-18(17)27-21/h4-16H2,1-3H3. The van der Waals surface area contributed by atoms with Crippen LogP contribution in [0.4, 0.5) is 0 Å². The van der Waals surface area contributed by atoms with Gasteiger partial charge in [-0.1, -0.05) is 46.5 Å². The summed E-state index contributed by atoms with van der Waals surface area (Å²) in [6.07, 6.45) is 10.7. The summed E-state index contributed by atoms with van der Waals surface area (Å²) in [5.41, 5.74) is 1.53. The quantitative estimate of drug-likeness (QED) is 0.528. The molecule has 1 aliphatic carbocycles. The number of unbranched alkanes of at least 4 members (excludes halogenated alkanes) is 4. The largest absolute Gasteiger partial charge is 0.297 e. The second-order valence-electron chi connectivity index (χ2n) is 7.75. The summed E-state index contributed by atoms with van der Waals surface area (Å²) in [4.78, 5) is 23.3. The zero-order chi connectivity index (χ0) is 19.2. The molecule has 0 N–H and O–H groups in total. The molecule has 2 aromatic heterocycles. The summed E-state index contributed by atoms with van der Waals surface area (Å²) >= 11 is 1.77. The molecule has 0 fully saturated rings. The average Bonchev–Trinajstić information content (AvgIpc) is 3.06. The number of thiophene rings is 1. The molecule has 2 heterocycles. The molecule has 0 bridgehead atoms. The van der Waals surface area contributed by atoms with E-state index in [1.54, 1.807) is 11.3 Å². The van der Waals surface area contributed by atoms with Crippen molar-refractivity contribution in [3.8, 4) is 0 Å². The van der Waals surface area contributed by atoms with Crippen LogP contribution in [0, 0.1) is 0 Å². The molecule has 0 aliphatic heterocycles. The molecular weight excluding hydrogens is 354 g/mol. The van der Waals surface area contributed by atoms with Gasteiger partial charge in [-0.15, -0.1) is 11.3 Å². The fourth-order valence-corrected chi connectivity index (χ4v) is 5.42. The van der Waals surface area contributed by atoms with Crippen molar-refractivity contribution in [2.24, 2.45) is 0 Å². The summed E-state index contributed by atoms with van der Waals surface area (Å²) < 4.78 is 2.01. The van der Waals surface area contributed by atoms with Crippen molar-refractivity contribution in [2.45, 2.75) is 91.6 Å². The van der Waals surface area contributed by atoms with Gasteiger partial charge in [-0.25, -0.2) is 4.98 Å². The predicted molar refractivity (Wildman–Crippen MR) is 116 cm³/mol. The topological polar surface area (TPSA) is 38.1 Å². The summed E-state index contributed by atoms with van der Waals surface area (Å²) in [6.45, 7) is 10.2. The third-order valence-corrected chi connectivity index (χ3v) is 7.08. The van der Waals surface area contributed by atoms with Gasteiger partial charge >= 0.3 is 0 Å². The molecule has 0 amide bonds. The highest BCUT2D eigenvalue weighted by Gasteiger charge is 2.22. The lowest BCUT2D eigenvalue weighted by Gasteiger charge is -2.20. The highest BCUT2D eigenvalue weighted by atomic mass is 32.1. The molecule has 0 radical (unpaired) electrons. The van der Waals surface area contributed by atoms with Gasteiger partial charge in [0, 0.05) is 11.4 Å². The molecule has 0 saturated heterocycles. The highest BCUT2D eigenvalue weighted by Crippen LogP contribution is 2.33. The van der Waals surface area contributed by atoms with Crippen LogP contribution >= 0.6 is 11.3 Å². The van der Waals surface area contributed by atoms with Crippen LogP contribution in [-0.2, 0) is 25.9 Å². The minimum absolute atomic E-state index is 0.219. The molecule has 4 nitrogen and oxygen atoms in total. The first-order valence-corrected chi connectivity index (χ1v) is 11.8. The Kier molecular flexibility index (Phi) is 7.48. The van der Waals surface area contributed by atoms with Crippen molar-refractivity contribution in [3.05, 3.63) is 26.6 Å². The summed E-state index contributed by atoms with van der Waals surface area (Å²) in [5, 5.41) is 0.937. The van der Waals surface area contributed by atoms with E-state index in [-0.39, 0.29) is 5.56 Å². The number of hydrogen-bond acceptors (Lipinski definition) is 4. The molecule has 5 heteroatoms. The lowest BCUT2D eigenvalue weighted by Crippen LogP contribution is -2.31. The van der Waals surface area contributed by atoms with Crippen molar-refractivity contribution in [1.82, 2.24) is 14.5 Å². The Morgan fingerprint density at radius 1 is 1.04 bits per heavy atom. The predicted octanol–water partition coefficient (Wildman–Crippen LogP) is 5.15. The van der Waals surface area contributed by atoms with Crippen molar-refractivity contribution >= 4 is 21.6 Å². The maximum absolute atomic E-state index is 13.5. The fourth-order valence-electron chi connectivity index (χ4n) is 4.15. The van der Waals surface area contributed by atoms with Crippen LogP contribution in [-0.4, -0.2) is 27.5 Å². The molecule has 1 aliphatic rings. The zero-order valence-corrected chi connectivity index (χ0v) is 18.2. The van der Waals surface area contributed by atoms with E-state index in [1.165, 1.54) is 49.0 Å². The van der Waals surface area contributed by atoms with Crippen LogP contribution in [0.2, 0.25) is 0 Å². The maximum Gasteiger partial charge on any atom is 0.262 e. The van der Waals surface area contributed by atoms with Crippen LogP contribution in [0.1, 0.15) is 82.0 Å². The van der Waals surface area contributed by atoms with Crippen molar-refractivity contribution in [1.29, 1.82) is 0 Å². The van der Waals surface area contributed by atoms with Crippen LogP contribution < -0.4 is 5.56 Å². The molecule has 27 heavy (non-hydrogen) atoms. The second kappa shape index (κ2) is 9.83. The smallest absolute Gasteiger partial charge is 0.262 e. The third-order valence-electron chi connectivity index (χ3n) is 5.90. The fraction of sp³-hybridized carbons (Fsp3) is 0.727. The first-order valence-electron chi connectivity index (χ1n) is 11.0.